The van der Waals surface area contributed by atoms with Gasteiger partial charge in [0, 0.05) is 19.5 Å². The van der Waals surface area contributed by atoms with Gasteiger partial charge in [-0.1, -0.05) is 0 Å². The number of amides is 3. The van der Waals surface area contributed by atoms with Gasteiger partial charge in [0.1, 0.15) is 25.7 Å². The topological polar surface area (TPSA) is 216 Å². The molecule has 0 unspecified atom stereocenters. The Bertz CT molecular complexity index is 716. The van der Waals surface area contributed by atoms with Crippen molar-refractivity contribution in [1.29, 1.82) is 0 Å². The maximum Gasteiger partial charge on any atom is 0.326 e. The number of ketones is 1. The van der Waals surface area contributed by atoms with E-state index in [4.69, 9.17) is 29.2 Å². The summed E-state index contributed by atoms with van der Waals surface area (Å²) in [6, 6.07) is -1.38. The third kappa shape index (κ3) is 21.4. The summed E-state index contributed by atoms with van der Waals surface area (Å²) in [4.78, 5) is 67.0. The zero-order valence-electron chi connectivity index (χ0n) is 20.2. The Morgan fingerprint density at radius 2 is 1.22 bits per heavy atom. The highest BCUT2D eigenvalue weighted by molar-refractivity contribution is 5.95. The van der Waals surface area contributed by atoms with E-state index in [-0.39, 0.29) is 64.1 Å². The molecule has 15 nitrogen and oxygen atoms in total. The van der Waals surface area contributed by atoms with Crippen molar-refractivity contribution >= 4 is 35.4 Å². The van der Waals surface area contributed by atoms with Crippen molar-refractivity contribution < 1.29 is 57.9 Å². The van der Waals surface area contributed by atoms with Gasteiger partial charge in [-0.05, 0) is 13.3 Å². The van der Waals surface area contributed by atoms with Crippen LogP contribution in [0, 0.1) is 0 Å². The molecule has 206 valence electrons. The fourth-order valence-corrected chi connectivity index (χ4v) is 2.40. The number of hydrogen-bond donors (Lipinski definition) is 5. The average molecular weight is 522 g/mol. The molecule has 0 saturated carbocycles. The molecule has 0 aliphatic carbocycles. The highest BCUT2D eigenvalue weighted by Crippen LogP contribution is 1.99. The van der Waals surface area contributed by atoms with Crippen molar-refractivity contribution in [2.45, 2.75) is 32.2 Å². The van der Waals surface area contributed by atoms with E-state index in [9.17, 15) is 28.8 Å². The standard InChI is InChI=1S/C21H35N3O12/c1-15(25)13-35-10-8-34-7-5-23-19(28)14-36-11-9-33-6-4-22-17(26)3-2-16(21(31)32)24-18(27)12-20(29)30/h16H,2-14H2,1H3,(H,22,26)(H,23,28)(H,24,27)(H,29,30)(H,31,32)/t16-/m0/s1. The summed E-state index contributed by atoms with van der Waals surface area (Å²) in [5.41, 5.74) is 0. The van der Waals surface area contributed by atoms with Gasteiger partial charge in [-0.25, -0.2) is 4.79 Å². The molecule has 3 amide bonds. The maximum atomic E-state index is 11.8. The zero-order valence-corrected chi connectivity index (χ0v) is 20.2. The monoisotopic (exact) mass is 521 g/mol. The van der Waals surface area contributed by atoms with Crippen molar-refractivity contribution in [1.82, 2.24) is 16.0 Å². The average Bonchev–Trinajstić information content (AvgIpc) is 2.79. The van der Waals surface area contributed by atoms with Crippen LogP contribution in [-0.4, -0.2) is 118 Å². The van der Waals surface area contributed by atoms with Gasteiger partial charge in [0.05, 0.1) is 39.6 Å². The lowest BCUT2D eigenvalue weighted by Gasteiger charge is -2.13. The van der Waals surface area contributed by atoms with Gasteiger partial charge < -0.3 is 45.1 Å². The molecule has 15 heteroatoms. The van der Waals surface area contributed by atoms with E-state index >= 15 is 0 Å². The minimum Gasteiger partial charge on any atom is -0.481 e. The van der Waals surface area contributed by atoms with Gasteiger partial charge in [0.15, 0.2) is 5.78 Å². The van der Waals surface area contributed by atoms with Gasteiger partial charge in [0.2, 0.25) is 17.7 Å². The lowest BCUT2D eigenvalue weighted by atomic mass is 10.1. The summed E-state index contributed by atoms with van der Waals surface area (Å²) in [6.45, 7) is 3.16. The fourth-order valence-electron chi connectivity index (χ4n) is 2.40. The number of carbonyl (C=O) groups excluding carboxylic acids is 4. The predicted octanol–water partition coefficient (Wildman–Crippen LogP) is -2.30. The molecule has 0 bridgehead atoms. The molecule has 0 spiro atoms. The third-order valence-corrected chi connectivity index (χ3v) is 4.02. The van der Waals surface area contributed by atoms with Gasteiger partial charge in [-0.2, -0.15) is 0 Å². The number of rotatable bonds is 23. The molecule has 0 rings (SSSR count). The number of ether oxygens (including phenoxy) is 4. The second kappa shape index (κ2) is 21.2. The van der Waals surface area contributed by atoms with Crippen molar-refractivity contribution in [3.63, 3.8) is 0 Å². The SMILES string of the molecule is CC(=O)COCCOCCNC(=O)COCCOCCNC(=O)CC[C@H](NC(=O)CC(=O)O)C(=O)O. The molecular weight excluding hydrogens is 486 g/mol. The minimum absolute atomic E-state index is 0.0472. The van der Waals surface area contributed by atoms with Crippen LogP contribution < -0.4 is 16.0 Å². The van der Waals surface area contributed by atoms with E-state index in [1.54, 1.807) is 0 Å². The Hall–Kier alpha value is -3.14. The van der Waals surface area contributed by atoms with Crippen molar-refractivity contribution in [2.75, 3.05) is 65.9 Å². The van der Waals surface area contributed by atoms with Crippen LogP contribution in [0.15, 0.2) is 0 Å². The number of carbonyl (C=O) groups is 6. The molecule has 0 aromatic rings. The van der Waals surface area contributed by atoms with E-state index in [1.807, 2.05) is 5.32 Å². The Morgan fingerprint density at radius 3 is 1.75 bits per heavy atom. The number of carboxylic acids is 2. The molecule has 0 saturated heterocycles. The number of nitrogens with one attached hydrogen (secondary N) is 3. The number of carboxylic acid groups (broad SMARTS) is 2. The minimum atomic E-state index is -1.39. The van der Waals surface area contributed by atoms with Crippen LogP contribution in [0.5, 0.6) is 0 Å². The van der Waals surface area contributed by atoms with E-state index in [2.05, 4.69) is 10.6 Å². The first-order chi connectivity index (χ1) is 17.1. The van der Waals surface area contributed by atoms with Gasteiger partial charge in [-0.3, -0.25) is 24.0 Å². The van der Waals surface area contributed by atoms with Crippen molar-refractivity contribution in [3.8, 4) is 0 Å². The number of aliphatic carboxylic acids is 2. The van der Waals surface area contributed by atoms with Crippen LogP contribution >= 0.6 is 0 Å². The second-order valence-electron chi connectivity index (χ2n) is 7.30. The van der Waals surface area contributed by atoms with E-state index in [0.717, 1.165) is 0 Å². The van der Waals surface area contributed by atoms with Crippen LogP contribution in [0.1, 0.15) is 26.2 Å². The van der Waals surface area contributed by atoms with Gasteiger partial charge in [-0.15, -0.1) is 0 Å². The quantitative estimate of drug-likeness (QED) is 0.0708. The van der Waals surface area contributed by atoms with Crippen molar-refractivity contribution in [2.24, 2.45) is 0 Å². The molecule has 0 fully saturated rings. The number of hydrogen-bond acceptors (Lipinski definition) is 10. The molecule has 5 N–H and O–H groups in total. The van der Waals surface area contributed by atoms with Crippen LogP contribution in [0.25, 0.3) is 0 Å². The summed E-state index contributed by atoms with van der Waals surface area (Å²) in [6.07, 6.45) is -1.26. The van der Waals surface area contributed by atoms with Crippen LogP contribution in [0.4, 0.5) is 0 Å². The molecule has 0 aromatic heterocycles. The van der Waals surface area contributed by atoms with Crippen LogP contribution in [-0.2, 0) is 47.7 Å². The highest BCUT2D eigenvalue weighted by atomic mass is 16.5. The lowest BCUT2D eigenvalue weighted by molar-refractivity contribution is -0.145. The maximum absolute atomic E-state index is 11.8. The number of Topliss-reactive ketones (excluding diaryl/α,β-unsaturated/α-hetero) is 1. The molecule has 0 aliphatic rings. The molecular formula is C21H35N3O12. The largest absolute Gasteiger partial charge is 0.481 e. The van der Waals surface area contributed by atoms with E-state index < -0.39 is 36.2 Å². The van der Waals surface area contributed by atoms with Gasteiger partial charge in [0.25, 0.3) is 0 Å². The molecule has 36 heavy (non-hydrogen) atoms. The Morgan fingerprint density at radius 1 is 0.694 bits per heavy atom. The zero-order chi connectivity index (χ0) is 27.2. The second-order valence-corrected chi connectivity index (χ2v) is 7.30. The first kappa shape index (κ1) is 32.9. The van der Waals surface area contributed by atoms with E-state index in [0.29, 0.717) is 26.4 Å². The van der Waals surface area contributed by atoms with Gasteiger partial charge >= 0.3 is 11.9 Å². The molecule has 1 atom stereocenters. The van der Waals surface area contributed by atoms with Crippen molar-refractivity contribution in [3.05, 3.63) is 0 Å². The first-order valence-corrected chi connectivity index (χ1v) is 11.2. The molecule has 0 heterocycles. The summed E-state index contributed by atoms with van der Waals surface area (Å²) in [5.74, 6) is -4.57. The van der Waals surface area contributed by atoms with E-state index in [1.165, 1.54) is 6.92 Å². The highest BCUT2D eigenvalue weighted by Gasteiger charge is 2.22. The smallest absolute Gasteiger partial charge is 0.326 e. The summed E-state index contributed by atoms with van der Waals surface area (Å²) in [5, 5.41) is 24.7. The summed E-state index contributed by atoms with van der Waals surface area (Å²) in [7, 11) is 0. The normalized spacial score (nSPS) is 11.4. The predicted molar refractivity (Wildman–Crippen MR) is 121 cm³/mol. The van der Waals surface area contributed by atoms with Crippen LogP contribution in [0.2, 0.25) is 0 Å². The third-order valence-electron chi connectivity index (χ3n) is 4.02. The Labute approximate surface area is 208 Å². The van der Waals surface area contributed by atoms with Crippen LogP contribution in [0.3, 0.4) is 0 Å². The Kier molecular flexibility index (Phi) is 19.3. The molecule has 0 radical (unpaired) electrons. The fraction of sp³-hybridized carbons (Fsp3) is 0.714. The summed E-state index contributed by atoms with van der Waals surface area (Å²) >= 11 is 0. The molecule has 0 aliphatic heterocycles. The lowest BCUT2D eigenvalue weighted by Crippen LogP contribution is -2.42. The summed E-state index contributed by atoms with van der Waals surface area (Å²) < 4.78 is 20.6. The Balaban J connectivity index is 3.64. The molecule has 0 aromatic carbocycles. The first-order valence-electron chi connectivity index (χ1n) is 11.2.